The van der Waals surface area contributed by atoms with Gasteiger partial charge in [-0.15, -0.1) is 0 Å². The zero-order chi connectivity index (χ0) is 13.8. The first-order valence-corrected chi connectivity index (χ1v) is 6.17. The molecule has 0 fully saturated rings. The average molecular weight is 257 g/mol. The third kappa shape index (κ3) is 3.41. The monoisotopic (exact) mass is 257 g/mol. The van der Waals surface area contributed by atoms with Crippen molar-refractivity contribution < 1.29 is 9.18 Å². The molecular weight excluding hydrogens is 241 g/mol. The van der Waals surface area contributed by atoms with Gasteiger partial charge in [0.15, 0.2) is 0 Å². The highest BCUT2D eigenvalue weighted by atomic mass is 19.1. The van der Waals surface area contributed by atoms with Gasteiger partial charge < -0.3 is 5.32 Å². The predicted octanol–water partition coefficient (Wildman–Crippen LogP) is 3.62. The molecule has 0 saturated carbocycles. The van der Waals surface area contributed by atoms with E-state index in [1.165, 1.54) is 11.6 Å². The summed E-state index contributed by atoms with van der Waals surface area (Å²) in [4.78, 5) is 11.9. The van der Waals surface area contributed by atoms with E-state index in [2.05, 4.69) is 5.32 Å². The lowest BCUT2D eigenvalue weighted by Crippen LogP contribution is -2.15. The maximum absolute atomic E-state index is 13.4. The summed E-state index contributed by atoms with van der Waals surface area (Å²) in [5, 5.41) is 2.58. The Morgan fingerprint density at radius 1 is 1.11 bits per heavy atom. The number of hydrogen-bond donors (Lipinski definition) is 1. The van der Waals surface area contributed by atoms with Gasteiger partial charge in [-0.25, -0.2) is 4.39 Å². The van der Waals surface area contributed by atoms with Gasteiger partial charge >= 0.3 is 0 Å². The molecule has 2 rings (SSSR count). The lowest BCUT2D eigenvalue weighted by atomic mass is 10.0. The number of para-hydroxylation sites is 1. The molecule has 0 aliphatic carbocycles. The second-order valence-electron chi connectivity index (χ2n) is 4.62. The predicted molar refractivity (Wildman–Crippen MR) is 74.6 cm³/mol. The van der Waals surface area contributed by atoms with Crippen LogP contribution in [0.1, 0.15) is 16.7 Å². The molecule has 0 bridgehead atoms. The second kappa shape index (κ2) is 5.65. The van der Waals surface area contributed by atoms with E-state index in [4.69, 9.17) is 0 Å². The Kier molecular flexibility index (Phi) is 3.95. The number of aryl methyl sites for hydroxylation is 2. The minimum absolute atomic E-state index is 0.214. The van der Waals surface area contributed by atoms with Crippen molar-refractivity contribution in [2.45, 2.75) is 20.3 Å². The minimum atomic E-state index is -0.420. The first-order chi connectivity index (χ1) is 9.06. The molecule has 98 valence electrons. The smallest absolute Gasteiger partial charge is 0.228 e. The molecule has 0 unspecified atom stereocenters. The van der Waals surface area contributed by atoms with Gasteiger partial charge in [0.1, 0.15) is 5.82 Å². The zero-order valence-electron chi connectivity index (χ0n) is 11.0. The number of rotatable bonds is 3. The Hall–Kier alpha value is -2.16. The Morgan fingerprint density at radius 3 is 2.53 bits per heavy atom. The van der Waals surface area contributed by atoms with E-state index < -0.39 is 5.82 Å². The largest absolute Gasteiger partial charge is 0.323 e. The van der Waals surface area contributed by atoms with Crippen LogP contribution in [0.4, 0.5) is 10.1 Å². The van der Waals surface area contributed by atoms with Gasteiger partial charge in [-0.2, -0.15) is 0 Å². The molecule has 19 heavy (non-hydrogen) atoms. The molecule has 0 spiro atoms. The average Bonchev–Trinajstić information content (AvgIpc) is 2.37. The van der Waals surface area contributed by atoms with E-state index in [-0.39, 0.29) is 18.0 Å². The molecule has 2 nitrogen and oxygen atoms in total. The highest BCUT2D eigenvalue weighted by Crippen LogP contribution is 2.14. The number of nitrogens with one attached hydrogen (secondary N) is 1. The normalized spacial score (nSPS) is 10.3. The summed E-state index contributed by atoms with van der Waals surface area (Å²) in [5.41, 5.74) is 3.49. The lowest BCUT2D eigenvalue weighted by molar-refractivity contribution is -0.115. The van der Waals surface area contributed by atoms with E-state index in [9.17, 15) is 9.18 Å². The first-order valence-electron chi connectivity index (χ1n) is 6.17. The summed E-state index contributed by atoms with van der Waals surface area (Å²) in [6.07, 6.45) is 0.245. The van der Waals surface area contributed by atoms with Crippen LogP contribution in [0.3, 0.4) is 0 Å². The van der Waals surface area contributed by atoms with Crippen molar-refractivity contribution in [3.8, 4) is 0 Å². The topological polar surface area (TPSA) is 29.1 Å². The summed E-state index contributed by atoms with van der Waals surface area (Å²) in [6.45, 7) is 4.03. The molecule has 0 atom stereocenters. The molecule has 0 heterocycles. The van der Waals surface area contributed by atoms with E-state index >= 15 is 0 Å². The van der Waals surface area contributed by atoms with Crippen molar-refractivity contribution >= 4 is 11.6 Å². The van der Waals surface area contributed by atoms with Crippen molar-refractivity contribution in [2.75, 3.05) is 5.32 Å². The van der Waals surface area contributed by atoms with Crippen molar-refractivity contribution in [2.24, 2.45) is 0 Å². The highest BCUT2D eigenvalue weighted by Gasteiger charge is 2.07. The first kappa shape index (κ1) is 13.3. The van der Waals surface area contributed by atoms with Crippen LogP contribution in [-0.2, 0) is 11.2 Å². The third-order valence-corrected chi connectivity index (χ3v) is 3.08. The zero-order valence-corrected chi connectivity index (χ0v) is 11.0. The molecule has 0 aromatic heterocycles. The van der Waals surface area contributed by atoms with Gasteiger partial charge in [-0.05, 0) is 42.7 Å². The van der Waals surface area contributed by atoms with Gasteiger partial charge in [0, 0.05) is 0 Å². The molecule has 2 aromatic rings. The van der Waals surface area contributed by atoms with Crippen LogP contribution in [0.15, 0.2) is 42.5 Å². The molecule has 1 N–H and O–H groups in total. The number of hydrogen-bond acceptors (Lipinski definition) is 1. The summed E-state index contributed by atoms with van der Waals surface area (Å²) >= 11 is 0. The molecular formula is C16H16FNO. The second-order valence-corrected chi connectivity index (χ2v) is 4.62. The molecule has 0 saturated heterocycles. The quantitative estimate of drug-likeness (QED) is 0.894. The van der Waals surface area contributed by atoms with Gasteiger partial charge in [0.05, 0.1) is 12.1 Å². The fourth-order valence-electron chi connectivity index (χ4n) is 1.86. The fourth-order valence-corrected chi connectivity index (χ4v) is 1.86. The van der Waals surface area contributed by atoms with Crippen LogP contribution < -0.4 is 5.32 Å². The maximum atomic E-state index is 13.4. The SMILES string of the molecule is Cc1ccc(CC(=O)Nc2ccccc2F)cc1C. The van der Waals surface area contributed by atoms with Crippen molar-refractivity contribution in [3.63, 3.8) is 0 Å². The molecule has 2 aromatic carbocycles. The molecule has 1 amide bonds. The number of halogens is 1. The third-order valence-electron chi connectivity index (χ3n) is 3.08. The molecule has 3 heteroatoms. The Bertz CT molecular complexity index is 607. The summed E-state index contributed by atoms with van der Waals surface area (Å²) < 4.78 is 13.4. The Balaban J connectivity index is 2.05. The van der Waals surface area contributed by atoms with Gasteiger partial charge in [-0.3, -0.25) is 4.79 Å². The van der Waals surface area contributed by atoms with Crippen LogP contribution in [0.2, 0.25) is 0 Å². The molecule has 0 radical (unpaired) electrons. The van der Waals surface area contributed by atoms with Crippen molar-refractivity contribution in [1.82, 2.24) is 0 Å². The molecule has 0 aliphatic heterocycles. The number of carbonyl (C=O) groups is 1. The Labute approximate surface area is 112 Å². The fraction of sp³-hybridized carbons (Fsp3) is 0.188. The van der Waals surface area contributed by atoms with Crippen LogP contribution >= 0.6 is 0 Å². The van der Waals surface area contributed by atoms with E-state index in [1.807, 2.05) is 32.0 Å². The maximum Gasteiger partial charge on any atom is 0.228 e. The summed E-state index contributed by atoms with van der Waals surface area (Å²) in [5.74, 6) is -0.635. The number of anilines is 1. The van der Waals surface area contributed by atoms with E-state index in [0.29, 0.717) is 0 Å². The van der Waals surface area contributed by atoms with Crippen LogP contribution in [0, 0.1) is 19.7 Å². The number of benzene rings is 2. The standard InChI is InChI=1S/C16H16FNO/c1-11-7-8-13(9-12(11)2)10-16(19)18-15-6-4-3-5-14(15)17/h3-9H,10H2,1-2H3,(H,18,19). The van der Waals surface area contributed by atoms with Crippen LogP contribution in [-0.4, -0.2) is 5.91 Å². The van der Waals surface area contributed by atoms with E-state index in [0.717, 1.165) is 11.1 Å². The number of carbonyl (C=O) groups excluding carboxylic acids is 1. The lowest BCUT2D eigenvalue weighted by Gasteiger charge is -2.07. The minimum Gasteiger partial charge on any atom is -0.323 e. The molecule has 0 aliphatic rings. The van der Waals surface area contributed by atoms with Crippen molar-refractivity contribution in [3.05, 3.63) is 65.0 Å². The van der Waals surface area contributed by atoms with E-state index in [1.54, 1.807) is 18.2 Å². The van der Waals surface area contributed by atoms with Gasteiger partial charge in [-0.1, -0.05) is 30.3 Å². The summed E-state index contributed by atoms with van der Waals surface area (Å²) in [6, 6.07) is 12.0. The Morgan fingerprint density at radius 2 is 1.84 bits per heavy atom. The van der Waals surface area contributed by atoms with Crippen molar-refractivity contribution in [1.29, 1.82) is 0 Å². The van der Waals surface area contributed by atoms with Gasteiger partial charge in [0.25, 0.3) is 0 Å². The van der Waals surface area contributed by atoms with Gasteiger partial charge in [0.2, 0.25) is 5.91 Å². The van der Waals surface area contributed by atoms with Crippen LogP contribution in [0.5, 0.6) is 0 Å². The highest BCUT2D eigenvalue weighted by molar-refractivity contribution is 5.92. The number of amides is 1. The summed E-state index contributed by atoms with van der Waals surface area (Å²) in [7, 11) is 0. The van der Waals surface area contributed by atoms with Crippen LogP contribution in [0.25, 0.3) is 0 Å².